The second-order valence-corrected chi connectivity index (χ2v) is 6.17. The summed E-state index contributed by atoms with van der Waals surface area (Å²) in [5.74, 6) is 0.849. The van der Waals surface area contributed by atoms with E-state index >= 15 is 0 Å². The minimum atomic E-state index is -0.0824. The first kappa shape index (κ1) is 15.8. The number of benzene rings is 1. The Balaban J connectivity index is 1.73. The molecule has 1 aromatic carbocycles. The summed E-state index contributed by atoms with van der Waals surface area (Å²) in [6, 6.07) is 5.45. The number of piperazine rings is 1. The molecular formula is C16H20ClN5O. The first-order chi connectivity index (χ1) is 11.1. The first-order valence-electron chi connectivity index (χ1n) is 7.63. The lowest BCUT2D eigenvalue weighted by molar-refractivity contribution is 0.164. The number of carbonyl (C=O) groups is 1. The fourth-order valence-corrected chi connectivity index (χ4v) is 2.77. The van der Waals surface area contributed by atoms with Gasteiger partial charge in [0, 0.05) is 55.7 Å². The van der Waals surface area contributed by atoms with Gasteiger partial charge in [0.05, 0.1) is 0 Å². The quantitative estimate of drug-likeness (QED) is 0.906. The molecule has 1 aliphatic rings. The van der Waals surface area contributed by atoms with Gasteiger partial charge in [0.1, 0.15) is 5.82 Å². The Morgan fingerprint density at radius 3 is 2.83 bits per heavy atom. The van der Waals surface area contributed by atoms with Gasteiger partial charge in [-0.3, -0.25) is 0 Å². The fourth-order valence-electron chi connectivity index (χ4n) is 2.60. The summed E-state index contributed by atoms with van der Waals surface area (Å²) in [5.41, 5.74) is 1.71. The minimum absolute atomic E-state index is 0.0824. The standard InChI is InChI=1S/C16H20ClN5O/c1-21-6-8-22(9-7-21)16(23)20-14-11-13(17)3-2-12(14)10-15-18-4-5-19-15/h2-5,11H,6-10H2,1H3,(H,18,19)(H,20,23). The average molecular weight is 334 g/mol. The second kappa shape index (κ2) is 7.02. The number of anilines is 1. The third kappa shape index (κ3) is 4.03. The van der Waals surface area contributed by atoms with Gasteiger partial charge in [0.2, 0.25) is 0 Å². The molecule has 0 saturated carbocycles. The van der Waals surface area contributed by atoms with Crippen molar-refractivity contribution >= 4 is 23.3 Å². The molecule has 122 valence electrons. The summed E-state index contributed by atoms with van der Waals surface area (Å²) in [5, 5.41) is 3.59. The van der Waals surface area contributed by atoms with E-state index in [4.69, 9.17) is 11.6 Å². The molecule has 0 spiro atoms. The van der Waals surface area contributed by atoms with Crippen molar-refractivity contribution in [3.63, 3.8) is 0 Å². The molecule has 0 bridgehead atoms. The lowest BCUT2D eigenvalue weighted by atomic mass is 10.1. The van der Waals surface area contributed by atoms with Crippen molar-refractivity contribution in [2.75, 3.05) is 38.5 Å². The minimum Gasteiger partial charge on any atom is -0.348 e. The number of imidazole rings is 1. The van der Waals surface area contributed by atoms with E-state index in [2.05, 4.69) is 27.2 Å². The zero-order chi connectivity index (χ0) is 16.2. The number of amides is 2. The number of carbonyl (C=O) groups excluding carboxylic acids is 1. The molecule has 23 heavy (non-hydrogen) atoms. The molecule has 7 heteroatoms. The Hall–Kier alpha value is -2.05. The number of rotatable bonds is 3. The number of hydrogen-bond acceptors (Lipinski definition) is 3. The largest absolute Gasteiger partial charge is 0.348 e. The van der Waals surface area contributed by atoms with Gasteiger partial charge in [-0.15, -0.1) is 0 Å². The molecule has 2 aromatic rings. The Kier molecular flexibility index (Phi) is 4.83. The average Bonchev–Trinajstić information content (AvgIpc) is 3.03. The van der Waals surface area contributed by atoms with E-state index in [0.29, 0.717) is 11.4 Å². The van der Waals surface area contributed by atoms with Crippen molar-refractivity contribution in [3.8, 4) is 0 Å². The zero-order valence-corrected chi connectivity index (χ0v) is 13.8. The van der Waals surface area contributed by atoms with Crippen LogP contribution < -0.4 is 5.32 Å². The number of likely N-dealkylation sites (N-methyl/N-ethyl adjacent to an activating group) is 1. The topological polar surface area (TPSA) is 64.3 Å². The molecule has 1 aromatic heterocycles. The molecule has 1 saturated heterocycles. The maximum absolute atomic E-state index is 12.5. The summed E-state index contributed by atoms with van der Waals surface area (Å²) in [7, 11) is 2.06. The summed E-state index contributed by atoms with van der Waals surface area (Å²) < 4.78 is 0. The molecule has 3 rings (SSSR count). The Morgan fingerprint density at radius 1 is 1.35 bits per heavy atom. The highest BCUT2D eigenvalue weighted by Crippen LogP contribution is 2.23. The normalized spacial score (nSPS) is 15.7. The van der Waals surface area contributed by atoms with Gasteiger partial charge in [-0.2, -0.15) is 0 Å². The number of urea groups is 1. The summed E-state index contributed by atoms with van der Waals surface area (Å²) in [6.07, 6.45) is 4.12. The number of halogens is 1. The monoisotopic (exact) mass is 333 g/mol. The maximum Gasteiger partial charge on any atom is 0.321 e. The van der Waals surface area contributed by atoms with Gasteiger partial charge in [0.25, 0.3) is 0 Å². The van der Waals surface area contributed by atoms with Crippen molar-refractivity contribution in [3.05, 3.63) is 47.0 Å². The van der Waals surface area contributed by atoms with Crippen LogP contribution in [-0.4, -0.2) is 59.0 Å². The molecule has 0 unspecified atom stereocenters. The number of nitrogens with one attached hydrogen (secondary N) is 2. The highest BCUT2D eigenvalue weighted by molar-refractivity contribution is 6.31. The highest BCUT2D eigenvalue weighted by atomic mass is 35.5. The molecular weight excluding hydrogens is 314 g/mol. The van der Waals surface area contributed by atoms with E-state index in [0.717, 1.165) is 43.3 Å². The van der Waals surface area contributed by atoms with Crippen LogP contribution in [0.5, 0.6) is 0 Å². The van der Waals surface area contributed by atoms with Gasteiger partial charge in [-0.25, -0.2) is 9.78 Å². The van der Waals surface area contributed by atoms with Gasteiger partial charge >= 0.3 is 6.03 Å². The van der Waals surface area contributed by atoms with Crippen LogP contribution in [0.1, 0.15) is 11.4 Å². The molecule has 2 N–H and O–H groups in total. The van der Waals surface area contributed by atoms with Crippen molar-refractivity contribution in [1.29, 1.82) is 0 Å². The fraction of sp³-hybridized carbons (Fsp3) is 0.375. The third-order valence-electron chi connectivity index (χ3n) is 4.02. The van der Waals surface area contributed by atoms with E-state index in [1.54, 1.807) is 18.5 Å². The molecule has 0 atom stereocenters. The first-order valence-corrected chi connectivity index (χ1v) is 8.01. The number of H-pyrrole nitrogens is 1. The van der Waals surface area contributed by atoms with Crippen LogP contribution in [0.25, 0.3) is 0 Å². The van der Waals surface area contributed by atoms with Crippen molar-refractivity contribution in [1.82, 2.24) is 19.8 Å². The summed E-state index contributed by atoms with van der Waals surface area (Å²) in [6.45, 7) is 3.25. The Morgan fingerprint density at radius 2 is 2.13 bits per heavy atom. The molecule has 6 nitrogen and oxygen atoms in total. The lowest BCUT2D eigenvalue weighted by Crippen LogP contribution is -2.48. The van der Waals surface area contributed by atoms with Crippen LogP contribution in [0.4, 0.5) is 10.5 Å². The van der Waals surface area contributed by atoms with Crippen LogP contribution in [-0.2, 0) is 6.42 Å². The van der Waals surface area contributed by atoms with Gasteiger partial charge < -0.3 is 20.1 Å². The molecule has 2 heterocycles. The predicted molar refractivity (Wildman–Crippen MR) is 90.9 cm³/mol. The SMILES string of the molecule is CN1CCN(C(=O)Nc2cc(Cl)ccc2Cc2ncc[nH]2)CC1. The summed E-state index contributed by atoms with van der Waals surface area (Å²) in [4.78, 5) is 23.8. The third-order valence-corrected chi connectivity index (χ3v) is 4.25. The molecule has 2 amide bonds. The van der Waals surface area contributed by atoms with E-state index in [-0.39, 0.29) is 6.03 Å². The van der Waals surface area contributed by atoms with Crippen molar-refractivity contribution in [2.45, 2.75) is 6.42 Å². The van der Waals surface area contributed by atoms with Gasteiger partial charge in [0.15, 0.2) is 0 Å². The number of aromatic nitrogens is 2. The molecule has 1 fully saturated rings. The van der Waals surface area contributed by atoms with E-state index in [1.165, 1.54) is 0 Å². The van der Waals surface area contributed by atoms with Gasteiger partial charge in [-0.1, -0.05) is 17.7 Å². The number of nitrogens with zero attached hydrogens (tertiary/aromatic N) is 3. The molecule has 1 aliphatic heterocycles. The number of aromatic amines is 1. The maximum atomic E-state index is 12.5. The number of hydrogen-bond donors (Lipinski definition) is 2. The van der Waals surface area contributed by atoms with Crippen LogP contribution in [0.2, 0.25) is 5.02 Å². The lowest BCUT2D eigenvalue weighted by Gasteiger charge is -2.32. The van der Waals surface area contributed by atoms with Crippen molar-refractivity contribution in [2.24, 2.45) is 0 Å². The van der Waals surface area contributed by atoms with Crippen LogP contribution in [0.15, 0.2) is 30.6 Å². The van der Waals surface area contributed by atoms with E-state index < -0.39 is 0 Å². The van der Waals surface area contributed by atoms with Crippen LogP contribution in [0, 0.1) is 0 Å². The highest BCUT2D eigenvalue weighted by Gasteiger charge is 2.20. The van der Waals surface area contributed by atoms with Crippen LogP contribution in [0.3, 0.4) is 0 Å². The zero-order valence-electron chi connectivity index (χ0n) is 13.1. The second-order valence-electron chi connectivity index (χ2n) is 5.73. The molecule has 0 aliphatic carbocycles. The smallest absolute Gasteiger partial charge is 0.321 e. The molecule has 0 radical (unpaired) electrons. The Labute approximate surface area is 140 Å². The van der Waals surface area contributed by atoms with Crippen molar-refractivity contribution < 1.29 is 4.79 Å². The Bertz CT molecular complexity index is 665. The van der Waals surface area contributed by atoms with Gasteiger partial charge in [-0.05, 0) is 24.7 Å². The van der Waals surface area contributed by atoms with Crippen LogP contribution >= 0.6 is 11.6 Å². The predicted octanol–water partition coefficient (Wildman–Crippen LogP) is 2.43. The van der Waals surface area contributed by atoms with E-state index in [9.17, 15) is 4.79 Å². The van der Waals surface area contributed by atoms with E-state index in [1.807, 2.05) is 17.0 Å². The summed E-state index contributed by atoms with van der Waals surface area (Å²) >= 11 is 6.09.